The maximum absolute atomic E-state index is 12.1. The fourth-order valence-corrected chi connectivity index (χ4v) is 2.38. The highest BCUT2D eigenvalue weighted by Crippen LogP contribution is 2.26. The smallest absolute Gasteiger partial charge is 0.229 e. The van der Waals surface area contributed by atoms with Crippen LogP contribution in [0.4, 0.5) is 5.69 Å². The van der Waals surface area contributed by atoms with Gasteiger partial charge in [-0.05, 0) is 31.9 Å². The summed E-state index contributed by atoms with van der Waals surface area (Å²) in [6, 6.07) is 7.44. The third kappa shape index (κ3) is 4.11. The van der Waals surface area contributed by atoms with Crippen LogP contribution in [0.25, 0.3) is 0 Å². The van der Waals surface area contributed by atoms with Gasteiger partial charge in [0.1, 0.15) is 5.75 Å². The van der Waals surface area contributed by atoms with Gasteiger partial charge in [-0.2, -0.15) is 0 Å². The van der Waals surface area contributed by atoms with E-state index in [2.05, 4.69) is 5.32 Å². The molecule has 1 aromatic rings. The molecule has 2 rings (SSSR count). The van der Waals surface area contributed by atoms with Crippen LogP contribution in [-0.4, -0.2) is 18.6 Å². The minimum atomic E-state index is -0.0549. The molecular weight excluding hydrogens is 264 g/mol. The average molecular weight is 285 g/mol. The number of carbonyl (C=O) groups excluding carboxylic acids is 1. The first-order chi connectivity index (χ1) is 8.70. The highest BCUT2D eigenvalue weighted by molar-refractivity contribution is 5.93. The lowest BCUT2D eigenvalue weighted by molar-refractivity contribution is -0.120. The SMILES string of the molecule is CCOc1cccc(NC(=O)C2CCCC2N)c1.Cl. The molecular formula is C14H21ClN2O2. The Bertz CT molecular complexity index is 426. The summed E-state index contributed by atoms with van der Waals surface area (Å²) >= 11 is 0. The van der Waals surface area contributed by atoms with Crippen molar-refractivity contribution in [2.24, 2.45) is 11.7 Å². The van der Waals surface area contributed by atoms with Crippen molar-refractivity contribution in [3.63, 3.8) is 0 Å². The Morgan fingerprint density at radius 2 is 2.26 bits per heavy atom. The monoisotopic (exact) mass is 284 g/mol. The lowest BCUT2D eigenvalue weighted by atomic mass is 10.0. The zero-order valence-electron chi connectivity index (χ0n) is 11.1. The summed E-state index contributed by atoms with van der Waals surface area (Å²) in [5.41, 5.74) is 6.69. The first kappa shape index (κ1) is 15.8. The third-order valence-electron chi connectivity index (χ3n) is 3.32. The number of nitrogens with one attached hydrogen (secondary N) is 1. The Balaban J connectivity index is 0.00000180. The van der Waals surface area contributed by atoms with Gasteiger partial charge in [-0.3, -0.25) is 4.79 Å². The van der Waals surface area contributed by atoms with Gasteiger partial charge in [0.25, 0.3) is 0 Å². The molecule has 0 spiro atoms. The molecule has 5 heteroatoms. The predicted molar refractivity (Wildman–Crippen MR) is 78.8 cm³/mol. The normalized spacial score (nSPS) is 21.6. The minimum absolute atomic E-state index is 0. The molecule has 1 aliphatic carbocycles. The van der Waals surface area contributed by atoms with Gasteiger partial charge in [0.2, 0.25) is 5.91 Å². The lowest BCUT2D eigenvalue weighted by Crippen LogP contribution is -2.34. The minimum Gasteiger partial charge on any atom is -0.494 e. The van der Waals surface area contributed by atoms with E-state index >= 15 is 0 Å². The Morgan fingerprint density at radius 1 is 1.47 bits per heavy atom. The first-order valence-electron chi connectivity index (χ1n) is 6.50. The number of carbonyl (C=O) groups is 1. The van der Waals surface area contributed by atoms with E-state index in [1.54, 1.807) is 0 Å². The van der Waals surface area contributed by atoms with Crippen LogP contribution in [0.1, 0.15) is 26.2 Å². The van der Waals surface area contributed by atoms with E-state index in [9.17, 15) is 4.79 Å². The number of benzene rings is 1. The van der Waals surface area contributed by atoms with Crippen molar-refractivity contribution in [2.75, 3.05) is 11.9 Å². The van der Waals surface area contributed by atoms with Crippen molar-refractivity contribution in [1.29, 1.82) is 0 Å². The summed E-state index contributed by atoms with van der Waals surface area (Å²) in [4.78, 5) is 12.1. The van der Waals surface area contributed by atoms with Gasteiger partial charge < -0.3 is 15.8 Å². The summed E-state index contributed by atoms with van der Waals surface area (Å²) in [5.74, 6) is 0.736. The van der Waals surface area contributed by atoms with E-state index in [1.807, 2.05) is 31.2 Å². The number of amides is 1. The van der Waals surface area contributed by atoms with E-state index in [1.165, 1.54) is 0 Å². The summed E-state index contributed by atoms with van der Waals surface area (Å²) in [6.07, 6.45) is 2.87. The number of rotatable bonds is 4. The van der Waals surface area contributed by atoms with E-state index in [-0.39, 0.29) is 30.3 Å². The van der Waals surface area contributed by atoms with Gasteiger partial charge in [0.05, 0.1) is 12.5 Å². The molecule has 1 fully saturated rings. The maximum atomic E-state index is 12.1. The molecule has 4 nitrogen and oxygen atoms in total. The van der Waals surface area contributed by atoms with E-state index in [0.29, 0.717) is 6.61 Å². The van der Waals surface area contributed by atoms with Crippen molar-refractivity contribution >= 4 is 24.0 Å². The molecule has 106 valence electrons. The molecule has 0 saturated heterocycles. The molecule has 0 bridgehead atoms. The average Bonchev–Trinajstić information content (AvgIpc) is 2.76. The van der Waals surface area contributed by atoms with Gasteiger partial charge >= 0.3 is 0 Å². The Kier molecular flexibility index (Phi) is 6.12. The molecule has 0 aliphatic heterocycles. The number of nitrogens with two attached hydrogens (primary N) is 1. The number of halogens is 1. The topological polar surface area (TPSA) is 64.3 Å². The van der Waals surface area contributed by atoms with Gasteiger partial charge in [-0.25, -0.2) is 0 Å². The van der Waals surface area contributed by atoms with Crippen molar-refractivity contribution < 1.29 is 9.53 Å². The summed E-state index contributed by atoms with van der Waals surface area (Å²) in [5, 5.41) is 2.91. The van der Waals surface area contributed by atoms with Crippen molar-refractivity contribution in [3.8, 4) is 5.75 Å². The van der Waals surface area contributed by atoms with E-state index < -0.39 is 0 Å². The van der Waals surface area contributed by atoms with Gasteiger partial charge in [0.15, 0.2) is 0 Å². The molecule has 2 unspecified atom stereocenters. The van der Waals surface area contributed by atoms with Crippen LogP contribution in [-0.2, 0) is 4.79 Å². The summed E-state index contributed by atoms with van der Waals surface area (Å²) in [7, 11) is 0. The molecule has 3 N–H and O–H groups in total. The molecule has 1 amide bonds. The Hall–Kier alpha value is -1.26. The molecule has 1 aromatic carbocycles. The van der Waals surface area contributed by atoms with Crippen molar-refractivity contribution in [3.05, 3.63) is 24.3 Å². The van der Waals surface area contributed by atoms with Crippen LogP contribution in [0, 0.1) is 5.92 Å². The quantitative estimate of drug-likeness (QED) is 0.893. The summed E-state index contributed by atoms with van der Waals surface area (Å²) in [6.45, 7) is 2.55. The van der Waals surface area contributed by atoms with Crippen LogP contribution in [0.2, 0.25) is 0 Å². The second-order valence-electron chi connectivity index (χ2n) is 4.65. The van der Waals surface area contributed by atoms with Crippen LogP contribution in [0.15, 0.2) is 24.3 Å². The first-order valence-corrected chi connectivity index (χ1v) is 6.50. The molecule has 0 radical (unpaired) electrons. The van der Waals surface area contributed by atoms with Gasteiger partial charge in [0, 0.05) is 17.8 Å². The van der Waals surface area contributed by atoms with E-state index in [4.69, 9.17) is 10.5 Å². The summed E-state index contributed by atoms with van der Waals surface area (Å²) < 4.78 is 5.40. The van der Waals surface area contributed by atoms with Crippen LogP contribution < -0.4 is 15.8 Å². The maximum Gasteiger partial charge on any atom is 0.229 e. The lowest BCUT2D eigenvalue weighted by Gasteiger charge is -2.15. The number of anilines is 1. The fraction of sp³-hybridized carbons (Fsp3) is 0.500. The molecule has 2 atom stereocenters. The highest BCUT2D eigenvalue weighted by Gasteiger charge is 2.30. The number of hydrogen-bond acceptors (Lipinski definition) is 3. The molecule has 0 aromatic heterocycles. The van der Waals surface area contributed by atoms with Gasteiger partial charge in [-0.1, -0.05) is 12.5 Å². The van der Waals surface area contributed by atoms with Gasteiger partial charge in [-0.15, -0.1) is 12.4 Å². The zero-order valence-corrected chi connectivity index (χ0v) is 11.9. The second kappa shape index (κ2) is 7.36. The van der Waals surface area contributed by atoms with Crippen LogP contribution >= 0.6 is 12.4 Å². The Morgan fingerprint density at radius 3 is 2.89 bits per heavy atom. The standard InChI is InChI=1S/C14H20N2O2.ClH/c1-2-18-11-6-3-5-10(9-11)16-14(17)12-7-4-8-13(12)15;/h3,5-6,9,12-13H,2,4,7-8,15H2,1H3,(H,16,17);1H. The van der Waals surface area contributed by atoms with E-state index in [0.717, 1.165) is 30.7 Å². The van der Waals surface area contributed by atoms with Crippen molar-refractivity contribution in [2.45, 2.75) is 32.2 Å². The number of ether oxygens (including phenoxy) is 1. The predicted octanol–water partition coefficient (Wildman–Crippen LogP) is 2.57. The van der Waals surface area contributed by atoms with Crippen LogP contribution in [0.3, 0.4) is 0 Å². The van der Waals surface area contributed by atoms with Crippen molar-refractivity contribution in [1.82, 2.24) is 0 Å². The second-order valence-corrected chi connectivity index (χ2v) is 4.65. The zero-order chi connectivity index (χ0) is 13.0. The van der Waals surface area contributed by atoms with Crippen LogP contribution in [0.5, 0.6) is 5.75 Å². The third-order valence-corrected chi connectivity index (χ3v) is 3.32. The Labute approximate surface area is 120 Å². The largest absolute Gasteiger partial charge is 0.494 e. The molecule has 0 heterocycles. The fourth-order valence-electron chi connectivity index (χ4n) is 2.38. The highest BCUT2D eigenvalue weighted by atomic mass is 35.5. The molecule has 1 aliphatic rings. The molecule has 19 heavy (non-hydrogen) atoms. The molecule has 1 saturated carbocycles. The number of hydrogen-bond donors (Lipinski definition) is 2.